The third-order valence-corrected chi connectivity index (χ3v) is 3.08. The zero-order valence-corrected chi connectivity index (χ0v) is 10.7. The summed E-state index contributed by atoms with van der Waals surface area (Å²) in [5.74, 6) is 0.00382. The van der Waals surface area contributed by atoms with Crippen LogP contribution in [0.2, 0.25) is 0 Å². The second-order valence-electron chi connectivity index (χ2n) is 4.56. The van der Waals surface area contributed by atoms with E-state index in [1.165, 1.54) is 12.1 Å². The summed E-state index contributed by atoms with van der Waals surface area (Å²) in [7, 11) is 0. The van der Waals surface area contributed by atoms with E-state index in [1.807, 2.05) is 19.1 Å². The molecule has 0 spiro atoms. The van der Waals surface area contributed by atoms with Gasteiger partial charge in [-0.15, -0.1) is 0 Å². The van der Waals surface area contributed by atoms with Crippen LogP contribution in [0.3, 0.4) is 0 Å². The van der Waals surface area contributed by atoms with Crippen molar-refractivity contribution in [1.82, 2.24) is 0 Å². The molecule has 0 radical (unpaired) electrons. The third-order valence-electron chi connectivity index (χ3n) is 3.08. The molecule has 0 atom stereocenters. The van der Waals surface area contributed by atoms with Crippen LogP contribution in [0.15, 0.2) is 36.4 Å². The highest BCUT2D eigenvalue weighted by Crippen LogP contribution is 2.31. The number of aromatic hydroxyl groups is 1. The molecule has 0 aliphatic carbocycles. The van der Waals surface area contributed by atoms with E-state index in [4.69, 9.17) is 0 Å². The Morgan fingerprint density at radius 3 is 2.61 bits per heavy atom. The molecule has 0 aliphatic rings. The molecule has 2 aromatic carbocycles. The molecular weight excluding hydrogens is 227 g/mol. The highest BCUT2D eigenvalue weighted by molar-refractivity contribution is 5.70. The van der Waals surface area contributed by atoms with E-state index in [9.17, 15) is 9.50 Å². The van der Waals surface area contributed by atoms with Gasteiger partial charge in [0.05, 0.1) is 0 Å². The van der Waals surface area contributed by atoms with E-state index in [-0.39, 0.29) is 11.6 Å². The van der Waals surface area contributed by atoms with Gasteiger partial charge in [-0.05, 0) is 53.8 Å². The summed E-state index contributed by atoms with van der Waals surface area (Å²) in [6, 6.07) is 10.2. The van der Waals surface area contributed by atoms with Crippen molar-refractivity contribution >= 4 is 0 Å². The van der Waals surface area contributed by atoms with Gasteiger partial charge in [0.2, 0.25) is 0 Å². The van der Waals surface area contributed by atoms with E-state index >= 15 is 0 Å². The van der Waals surface area contributed by atoms with Gasteiger partial charge in [-0.1, -0.05) is 31.5 Å². The average Bonchev–Trinajstić information content (AvgIpc) is 2.34. The maximum Gasteiger partial charge on any atom is 0.123 e. The van der Waals surface area contributed by atoms with E-state index in [1.54, 1.807) is 12.1 Å². The van der Waals surface area contributed by atoms with Crippen molar-refractivity contribution in [2.45, 2.75) is 26.7 Å². The van der Waals surface area contributed by atoms with Gasteiger partial charge in [0.1, 0.15) is 11.6 Å². The van der Waals surface area contributed by atoms with Crippen molar-refractivity contribution in [2.24, 2.45) is 0 Å². The molecule has 0 amide bonds. The molecule has 0 fully saturated rings. The lowest BCUT2D eigenvalue weighted by Gasteiger charge is -2.12. The Labute approximate surface area is 107 Å². The Bertz CT molecular complexity index is 561. The molecule has 0 saturated heterocycles. The normalized spacial score (nSPS) is 10.6. The number of halogens is 1. The highest BCUT2D eigenvalue weighted by Gasteiger charge is 2.09. The van der Waals surface area contributed by atoms with Gasteiger partial charge < -0.3 is 5.11 Å². The van der Waals surface area contributed by atoms with Gasteiger partial charge in [-0.3, -0.25) is 0 Å². The summed E-state index contributed by atoms with van der Waals surface area (Å²) in [6.45, 7) is 3.99. The minimum atomic E-state index is -0.255. The van der Waals surface area contributed by atoms with Crippen LogP contribution in [0.1, 0.15) is 24.5 Å². The fourth-order valence-corrected chi connectivity index (χ4v) is 2.16. The number of benzene rings is 2. The first-order chi connectivity index (χ1) is 8.61. The van der Waals surface area contributed by atoms with Gasteiger partial charge in [0.25, 0.3) is 0 Å². The minimum Gasteiger partial charge on any atom is -0.508 e. The number of hydrogen-bond donors (Lipinski definition) is 1. The van der Waals surface area contributed by atoms with E-state index in [2.05, 4.69) is 6.92 Å². The van der Waals surface area contributed by atoms with Gasteiger partial charge in [-0.2, -0.15) is 0 Å². The average molecular weight is 244 g/mol. The first kappa shape index (κ1) is 12.6. The Hall–Kier alpha value is -1.83. The predicted octanol–water partition coefficient (Wildman–Crippen LogP) is 4.46. The van der Waals surface area contributed by atoms with E-state index < -0.39 is 0 Å². The van der Waals surface area contributed by atoms with Crippen molar-refractivity contribution in [1.29, 1.82) is 0 Å². The first-order valence-electron chi connectivity index (χ1n) is 6.20. The molecule has 1 nitrogen and oxygen atoms in total. The Kier molecular flexibility index (Phi) is 3.66. The molecule has 0 bridgehead atoms. The molecule has 18 heavy (non-hydrogen) atoms. The zero-order valence-electron chi connectivity index (χ0n) is 10.7. The summed E-state index contributed by atoms with van der Waals surface area (Å²) in [4.78, 5) is 0. The van der Waals surface area contributed by atoms with Gasteiger partial charge >= 0.3 is 0 Å². The van der Waals surface area contributed by atoms with Crippen LogP contribution in [0.25, 0.3) is 11.1 Å². The fourth-order valence-electron chi connectivity index (χ4n) is 2.16. The molecule has 2 heteroatoms. The minimum absolute atomic E-state index is 0.255. The maximum atomic E-state index is 13.3. The topological polar surface area (TPSA) is 20.2 Å². The number of hydrogen-bond acceptors (Lipinski definition) is 1. The highest BCUT2D eigenvalue weighted by atomic mass is 19.1. The van der Waals surface area contributed by atoms with Crippen LogP contribution in [0, 0.1) is 12.7 Å². The Morgan fingerprint density at radius 2 is 1.94 bits per heavy atom. The van der Waals surface area contributed by atoms with Crippen LogP contribution in [0.5, 0.6) is 5.75 Å². The second-order valence-corrected chi connectivity index (χ2v) is 4.56. The fraction of sp³-hybridized carbons (Fsp3) is 0.250. The lowest BCUT2D eigenvalue weighted by atomic mass is 9.94. The van der Waals surface area contributed by atoms with Gasteiger partial charge in [0.15, 0.2) is 0 Å². The molecular formula is C16H17FO. The Morgan fingerprint density at radius 1 is 1.17 bits per heavy atom. The molecule has 0 aliphatic heterocycles. The van der Waals surface area contributed by atoms with Crippen molar-refractivity contribution < 1.29 is 9.50 Å². The van der Waals surface area contributed by atoms with Crippen molar-refractivity contribution in [3.05, 3.63) is 53.3 Å². The third kappa shape index (κ3) is 2.53. The standard InChI is InChI=1S/C16H17FO/c1-3-5-12-8-11(2)16(18)10-15(12)13-6-4-7-14(17)9-13/h4,6-10,18H,3,5H2,1-2H3. The summed E-state index contributed by atoms with van der Waals surface area (Å²) in [5.41, 5.74) is 3.74. The molecule has 0 saturated carbocycles. The van der Waals surface area contributed by atoms with Crippen molar-refractivity contribution in [2.75, 3.05) is 0 Å². The second kappa shape index (κ2) is 5.21. The lowest BCUT2D eigenvalue weighted by Crippen LogP contribution is -1.92. The van der Waals surface area contributed by atoms with E-state index in [0.29, 0.717) is 0 Å². The summed E-state index contributed by atoms with van der Waals surface area (Å²) in [6.07, 6.45) is 1.94. The quantitative estimate of drug-likeness (QED) is 0.845. The molecule has 1 N–H and O–H groups in total. The van der Waals surface area contributed by atoms with Crippen LogP contribution >= 0.6 is 0 Å². The van der Waals surface area contributed by atoms with Crippen LogP contribution in [-0.2, 0) is 6.42 Å². The number of phenols is 1. The van der Waals surface area contributed by atoms with E-state index in [0.717, 1.165) is 35.1 Å². The number of rotatable bonds is 3. The lowest BCUT2D eigenvalue weighted by molar-refractivity contribution is 0.471. The van der Waals surface area contributed by atoms with Gasteiger partial charge in [-0.25, -0.2) is 4.39 Å². The van der Waals surface area contributed by atoms with Crippen LogP contribution in [-0.4, -0.2) is 5.11 Å². The van der Waals surface area contributed by atoms with Crippen LogP contribution in [0.4, 0.5) is 4.39 Å². The van der Waals surface area contributed by atoms with Crippen molar-refractivity contribution in [3.63, 3.8) is 0 Å². The molecule has 0 heterocycles. The smallest absolute Gasteiger partial charge is 0.123 e. The molecule has 2 aromatic rings. The predicted molar refractivity (Wildman–Crippen MR) is 72.2 cm³/mol. The first-order valence-corrected chi connectivity index (χ1v) is 6.20. The van der Waals surface area contributed by atoms with Gasteiger partial charge in [0, 0.05) is 0 Å². The molecule has 94 valence electrons. The van der Waals surface area contributed by atoms with Crippen molar-refractivity contribution in [3.8, 4) is 16.9 Å². The SMILES string of the molecule is CCCc1cc(C)c(O)cc1-c1cccc(F)c1. The molecule has 2 rings (SSSR count). The largest absolute Gasteiger partial charge is 0.508 e. The summed E-state index contributed by atoms with van der Waals surface area (Å²) in [5, 5.41) is 9.83. The van der Waals surface area contributed by atoms with Crippen LogP contribution < -0.4 is 0 Å². The maximum absolute atomic E-state index is 13.3. The zero-order chi connectivity index (χ0) is 13.1. The summed E-state index contributed by atoms with van der Waals surface area (Å²) >= 11 is 0. The molecule has 0 unspecified atom stereocenters. The number of phenolic OH excluding ortho intramolecular Hbond substituents is 1. The molecule has 0 aromatic heterocycles. The monoisotopic (exact) mass is 244 g/mol. The summed E-state index contributed by atoms with van der Waals surface area (Å²) < 4.78 is 13.3. The number of aryl methyl sites for hydroxylation is 2. The Balaban J connectivity index is 2.58.